The van der Waals surface area contributed by atoms with Crippen LogP contribution in [0.1, 0.15) is 18.4 Å². The molecule has 3 atom stereocenters. The van der Waals surface area contributed by atoms with Crippen LogP contribution in [0.5, 0.6) is 0 Å². The second-order valence-electron chi connectivity index (χ2n) is 5.85. The van der Waals surface area contributed by atoms with E-state index in [-0.39, 0.29) is 12.0 Å². The number of hydrogen-bond acceptors (Lipinski definition) is 6. The van der Waals surface area contributed by atoms with Crippen molar-refractivity contribution in [3.05, 3.63) is 39.7 Å². The van der Waals surface area contributed by atoms with Crippen LogP contribution >= 0.6 is 0 Å². The van der Waals surface area contributed by atoms with E-state index in [4.69, 9.17) is 5.73 Å². The van der Waals surface area contributed by atoms with Gasteiger partial charge in [-0.1, -0.05) is 0 Å². The van der Waals surface area contributed by atoms with E-state index in [0.29, 0.717) is 0 Å². The van der Waals surface area contributed by atoms with Gasteiger partial charge in [0.15, 0.2) is 0 Å². The first-order chi connectivity index (χ1) is 11.1. The Morgan fingerprint density at radius 2 is 2.17 bits per heavy atom. The fraction of sp³-hybridized carbons (Fsp3) is 0.462. The van der Waals surface area contributed by atoms with Gasteiger partial charge in [-0.25, -0.2) is 26.5 Å². The van der Waals surface area contributed by atoms with Gasteiger partial charge >= 0.3 is 0 Å². The van der Waals surface area contributed by atoms with E-state index in [0.717, 1.165) is 22.5 Å². The molecule has 8 nitrogen and oxygen atoms in total. The number of guanidine groups is 1. The molecule has 1 aliphatic heterocycles. The molecule has 2 aliphatic rings. The standard InChI is InChI=1S/C13H14F2N4O4S/c1-18-12(16)17-13(6-7(14)4-11(13)24(18,22)23)9-5-8(19(20)21)2-3-10(9)15/h2-3,5,7,11H,4,6H2,1H3,(H2,16,17). The van der Waals surface area contributed by atoms with Crippen LogP contribution in [0.15, 0.2) is 23.2 Å². The number of alkyl halides is 1. The number of nitrogens with two attached hydrogens (primary N) is 1. The van der Waals surface area contributed by atoms with Crippen LogP contribution in [0.3, 0.4) is 0 Å². The molecule has 130 valence electrons. The molecule has 0 saturated heterocycles. The van der Waals surface area contributed by atoms with Crippen LogP contribution in [0, 0.1) is 15.9 Å². The average Bonchev–Trinajstić information content (AvgIpc) is 2.84. The molecule has 1 aromatic carbocycles. The molecule has 3 rings (SSSR count). The van der Waals surface area contributed by atoms with Crippen LogP contribution in [-0.4, -0.2) is 42.1 Å². The van der Waals surface area contributed by atoms with Crippen molar-refractivity contribution in [2.75, 3.05) is 7.05 Å². The molecule has 0 radical (unpaired) electrons. The van der Waals surface area contributed by atoms with Gasteiger partial charge < -0.3 is 5.73 Å². The summed E-state index contributed by atoms with van der Waals surface area (Å²) in [6.45, 7) is 0. The van der Waals surface area contributed by atoms with Gasteiger partial charge in [-0.05, 0) is 12.5 Å². The maximum atomic E-state index is 14.4. The lowest BCUT2D eigenvalue weighted by molar-refractivity contribution is -0.385. The smallest absolute Gasteiger partial charge is 0.270 e. The fourth-order valence-electron chi connectivity index (χ4n) is 3.36. The monoisotopic (exact) mass is 360 g/mol. The van der Waals surface area contributed by atoms with E-state index in [9.17, 15) is 27.3 Å². The van der Waals surface area contributed by atoms with E-state index >= 15 is 0 Å². The third-order valence-corrected chi connectivity index (χ3v) is 6.79. The summed E-state index contributed by atoms with van der Waals surface area (Å²) in [5, 5.41) is 9.59. The maximum Gasteiger partial charge on any atom is 0.270 e. The SMILES string of the molecule is CN1C(N)=NC2(c3cc([N+](=O)[O-])ccc3F)CC(F)CC2S1(=O)=O. The molecule has 1 fully saturated rings. The molecule has 1 saturated carbocycles. The quantitative estimate of drug-likeness (QED) is 0.624. The maximum absolute atomic E-state index is 14.4. The summed E-state index contributed by atoms with van der Waals surface area (Å²) in [6.07, 6.45) is -2.35. The number of rotatable bonds is 2. The highest BCUT2D eigenvalue weighted by Crippen LogP contribution is 2.50. The van der Waals surface area contributed by atoms with E-state index in [1.54, 1.807) is 0 Å². The molecule has 1 aliphatic carbocycles. The summed E-state index contributed by atoms with van der Waals surface area (Å²) in [4.78, 5) is 14.3. The predicted octanol–water partition coefficient (Wildman–Crippen LogP) is 1.02. The van der Waals surface area contributed by atoms with Gasteiger partial charge in [-0.3, -0.25) is 10.1 Å². The van der Waals surface area contributed by atoms with E-state index in [2.05, 4.69) is 4.99 Å². The average molecular weight is 360 g/mol. The Bertz CT molecular complexity index is 860. The summed E-state index contributed by atoms with van der Waals surface area (Å²) in [7, 11) is -2.90. The van der Waals surface area contributed by atoms with Gasteiger partial charge in [0.05, 0.1) is 4.92 Å². The summed E-state index contributed by atoms with van der Waals surface area (Å²) >= 11 is 0. The number of hydrogen-bond donors (Lipinski definition) is 1. The molecular formula is C13H14F2N4O4S. The van der Waals surface area contributed by atoms with Crippen LogP contribution in [0.25, 0.3) is 0 Å². The molecule has 0 aromatic heterocycles. The third-order valence-electron chi connectivity index (χ3n) is 4.54. The van der Waals surface area contributed by atoms with E-state index < -0.39 is 55.8 Å². The van der Waals surface area contributed by atoms with E-state index in [1.165, 1.54) is 7.05 Å². The number of nitro benzene ring substituents is 1. The molecular weight excluding hydrogens is 346 g/mol. The lowest BCUT2D eigenvalue weighted by Gasteiger charge is -2.39. The predicted molar refractivity (Wildman–Crippen MR) is 81.0 cm³/mol. The molecule has 2 N–H and O–H groups in total. The number of aliphatic imine (C=N–C) groups is 1. The first kappa shape index (κ1) is 16.6. The Labute approximate surface area is 136 Å². The highest BCUT2D eigenvalue weighted by Gasteiger charge is 2.60. The highest BCUT2D eigenvalue weighted by atomic mass is 32.2. The number of nitro groups is 1. The normalized spacial score (nSPS) is 31.5. The van der Waals surface area contributed by atoms with Crippen molar-refractivity contribution in [2.24, 2.45) is 10.7 Å². The first-order valence-electron chi connectivity index (χ1n) is 7.01. The zero-order valence-corrected chi connectivity index (χ0v) is 13.3. The number of nitrogens with zero attached hydrogens (tertiary/aromatic N) is 3. The van der Waals surface area contributed by atoms with Gasteiger partial charge in [0.1, 0.15) is 22.8 Å². The molecule has 11 heteroatoms. The Morgan fingerprint density at radius 3 is 2.79 bits per heavy atom. The second-order valence-corrected chi connectivity index (χ2v) is 8.00. The molecule has 0 spiro atoms. The highest BCUT2D eigenvalue weighted by molar-refractivity contribution is 7.90. The molecule has 24 heavy (non-hydrogen) atoms. The Kier molecular flexibility index (Phi) is 3.52. The van der Waals surface area contributed by atoms with Crippen LogP contribution in [0.2, 0.25) is 0 Å². The van der Waals surface area contributed by atoms with Gasteiger partial charge in [0, 0.05) is 31.2 Å². The van der Waals surface area contributed by atoms with Gasteiger partial charge in [-0.2, -0.15) is 0 Å². The number of fused-ring (bicyclic) bond motifs is 1. The number of sulfonamides is 1. The number of halogens is 2. The largest absolute Gasteiger partial charge is 0.369 e. The Morgan fingerprint density at radius 1 is 1.50 bits per heavy atom. The zero-order valence-electron chi connectivity index (χ0n) is 12.5. The van der Waals surface area contributed by atoms with Crippen molar-refractivity contribution < 1.29 is 22.1 Å². The topological polar surface area (TPSA) is 119 Å². The zero-order chi connectivity index (χ0) is 17.9. The molecule has 0 bridgehead atoms. The van der Waals surface area contributed by atoms with Crippen LogP contribution in [0.4, 0.5) is 14.5 Å². The summed E-state index contributed by atoms with van der Waals surface area (Å²) in [6, 6.07) is 2.70. The number of non-ortho nitro benzene ring substituents is 1. The number of benzene rings is 1. The second kappa shape index (κ2) is 5.10. The summed E-state index contributed by atoms with van der Waals surface area (Å²) in [5.74, 6) is -1.30. The molecule has 3 unspecified atom stereocenters. The van der Waals surface area contributed by atoms with Crippen molar-refractivity contribution in [1.82, 2.24) is 4.31 Å². The minimum absolute atomic E-state index is 0.332. The van der Waals surface area contributed by atoms with Crippen LogP contribution < -0.4 is 5.73 Å². The third kappa shape index (κ3) is 2.14. The first-order valence-corrected chi connectivity index (χ1v) is 8.51. The minimum Gasteiger partial charge on any atom is -0.369 e. The molecule has 1 aromatic rings. The van der Waals surface area contributed by atoms with Crippen molar-refractivity contribution in [3.8, 4) is 0 Å². The lowest BCUT2D eigenvalue weighted by atomic mass is 9.87. The van der Waals surface area contributed by atoms with E-state index in [1.807, 2.05) is 0 Å². The summed E-state index contributed by atoms with van der Waals surface area (Å²) in [5.41, 5.74) is 3.06. The van der Waals surface area contributed by atoms with Crippen molar-refractivity contribution in [2.45, 2.75) is 29.8 Å². The van der Waals surface area contributed by atoms with Crippen molar-refractivity contribution in [3.63, 3.8) is 0 Å². The molecule has 1 heterocycles. The fourth-order valence-corrected chi connectivity index (χ4v) is 5.27. The lowest BCUT2D eigenvalue weighted by Crippen LogP contribution is -2.55. The Balaban J connectivity index is 2.31. The minimum atomic E-state index is -4.08. The van der Waals surface area contributed by atoms with Gasteiger partial charge in [0.25, 0.3) is 5.69 Å². The van der Waals surface area contributed by atoms with Crippen LogP contribution in [-0.2, 0) is 15.6 Å². The van der Waals surface area contributed by atoms with Gasteiger partial charge in [0.2, 0.25) is 16.0 Å². The Hall–Kier alpha value is -2.30. The molecule has 0 amide bonds. The van der Waals surface area contributed by atoms with Crippen molar-refractivity contribution in [1.29, 1.82) is 0 Å². The van der Waals surface area contributed by atoms with Crippen molar-refractivity contribution >= 4 is 21.7 Å². The van der Waals surface area contributed by atoms with Gasteiger partial charge in [-0.15, -0.1) is 0 Å². The summed E-state index contributed by atoms with van der Waals surface area (Å²) < 4.78 is 54.4.